The van der Waals surface area contributed by atoms with E-state index in [9.17, 15) is 9.59 Å². The lowest BCUT2D eigenvalue weighted by atomic mass is 9.93. The third-order valence-corrected chi connectivity index (χ3v) is 6.02. The average molecular weight is 483 g/mol. The summed E-state index contributed by atoms with van der Waals surface area (Å²) in [4.78, 5) is 25.1. The fourth-order valence-electron chi connectivity index (χ4n) is 3.65. The number of halogens is 1. The van der Waals surface area contributed by atoms with Crippen LogP contribution in [0.1, 0.15) is 97.3 Å². The summed E-state index contributed by atoms with van der Waals surface area (Å²) in [5, 5.41) is 0.547. The van der Waals surface area contributed by atoms with Crippen molar-refractivity contribution in [2.45, 2.75) is 97.3 Å². The first kappa shape index (κ1) is 29.3. The summed E-state index contributed by atoms with van der Waals surface area (Å²) >= 11 is 6.19. The van der Waals surface area contributed by atoms with Crippen LogP contribution in [0.3, 0.4) is 0 Å². The summed E-state index contributed by atoms with van der Waals surface area (Å²) in [7, 11) is 1.60. The zero-order valence-corrected chi connectivity index (χ0v) is 21.6. The van der Waals surface area contributed by atoms with Crippen molar-refractivity contribution in [3.05, 3.63) is 23.2 Å². The Kier molecular flexibility index (Phi) is 16.6. The smallest absolute Gasteiger partial charge is 0.316 e. The molecule has 0 aromatic heterocycles. The number of unbranched alkanes of at least 4 members (excludes halogenated alkanes) is 8. The van der Waals surface area contributed by atoms with E-state index in [1.54, 1.807) is 13.2 Å². The highest BCUT2D eigenvalue weighted by Crippen LogP contribution is 2.28. The molecule has 33 heavy (non-hydrogen) atoms. The number of rotatable bonds is 20. The monoisotopic (exact) mass is 482 g/mol. The summed E-state index contributed by atoms with van der Waals surface area (Å²) < 4.78 is 16.3. The van der Waals surface area contributed by atoms with Gasteiger partial charge >= 0.3 is 5.97 Å². The predicted octanol–water partition coefficient (Wildman–Crippen LogP) is 7.57. The maximum Gasteiger partial charge on any atom is 0.316 e. The first-order valence-corrected chi connectivity index (χ1v) is 13.1. The third kappa shape index (κ3) is 12.9. The molecule has 0 N–H and O–H groups in total. The van der Waals surface area contributed by atoms with Crippen LogP contribution in [0.25, 0.3) is 0 Å². The zero-order chi connectivity index (χ0) is 24.3. The Morgan fingerprint density at radius 1 is 0.879 bits per heavy atom. The number of ether oxygens (including phenoxy) is 3. The van der Waals surface area contributed by atoms with Crippen molar-refractivity contribution in [1.29, 1.82) is 0 Å². The molecular weight excluding hydrogens is 440 g/mol. The first-order chi connectivity index (χ1) is 16.0. The Morgan fingerprint density at radius 2 is 1.55 bits per heavy atom. The minimum Gasteiger partial charge on any atom is -0.497 e. The van der Waals surface area contributed by atoms with Crippen LogP contribution >= 0.6 is 11.6 Å². The molecule has 0 bridgehead atoms. The van der Waals surface area contributed by atoms with Gasteiger partial charge < -0.3 is 14.2 Å². The molecule has 0 radical (unpaired) electrons. The lowest BCUT2D eigenvalue weighted by Crippen LogP contribution is -2.26. The van der Waals surface area contributed by atoms with Gasteiger partial charge in [-0.25, -0.2) is 0 Å². The van der Waals surface area contributed by atoms with E-state index in [4.69, 9.17) is 25.8 Å². The molecule has 0 heterocycles. The molecule has 1 atom stereocenters. The molecule has 0 aliphatic carbocycles. The Balaban J connectivity index is 2.29. The van der Waals surface area contributed by atoms with Gasteiger partial charge in [0.05, 0.1) is 25.3 Å². The Bertz CT molecular complexity index is 676. The van der Waals surface area contributed by atoms with Gasteiger partial charge in [0.15, 0.2) is 0 Å². The van der Waals surface area contributed by atoms with E-state index in [2.05, 4.69) is 13.8 Å². The molecule has 0 spiro atoms. The van der Waals surface area contributed by atoms with E-state index in [0.29, 0.717) is 42.6 Å². The van der Waals surface area contributed by atoms with Crippen molar-refractivity contribution in [2.75, 3.05) is 20.3 Å². The zero-order valence-electron chi connectivity index (χ0n) is 20.8. The molecular formula is C27H43ClO5. The van der Waals surface area contributed by atoms with Gasteiger partial charge in [-0.15, -0.1) is 0 Å². The average Bonchev–Trinajstić information content (AvgIpc) is 2.81. The van der Waals surface area contributed by atoms with Crippen LogP contribution < -0.4 is 9.47 Å². The highest BCUT2D eigenvalue weighted by Gasteiger charge is 2.26. The molecule has 5 nitrogen and oxygen atoms in total. The molecule has 0 aliphatic rings. The van der Waals surface area contributed by atoms with Crippen LogP contribution in [0.4, 0.5) is 0 Å². The van der Waals surface area contributed by atoms with Crippen LogP contribution in [0.5, 0.6) is 11.5 Å². The molecule has 6 heteroatoms. The van der Waals surface area contributed by atoms with Gasteiger partial charge in [0.1, 0.15) is 23.2 Å². The van der Waals surface area contributed by atoms with Crippen LogP contribution in [-0.4, -0.2) is 32.1 Å². The number of hydrogen-bond donors (Lipinski definition) is 0. The summed E-state index contributed by atoms with van der Waals surface area (Å²) in [6, 6.07) is 5.39. The normalized spacial score (nSPS) is 11.8. The van der Waals surface area contributed by atoms with E-state index < -0.39 is 5.92 Å². The summed E-state index contributed by atoms with van der Waals surface area (Å²) in [6.45, 7) is 5.25. The molecule has 188 valence electrons. The largest absolute Gasteiger partial charge is 0.497 e. The minimum absolute atomic E-state index is 0.0497. The number of carbonyl (C=O) groups excluding carboxylic acids is 2. The second-order valence-corrected chi connectivity index (χ2v) is 8.96. The lowest BCUT2D eigenvalue weighted by Gasteiger charge is -2.15. The van der Waals surface area contributed by atoms with Crippen molar-refractivity contribution in [3.63, 3.8) is 0 Å². The standard InChI is InChI=1S/C27H43ClO5/c1-4-6-11-16-25(29)23(27(30)33-20-13-7-5-2)15-12-9-8-10-14-19-32-26-18-17-22(31-3)21-24(26)28/h17-18,21,23H,4-16,19-20H2,1-3H3. The number of hydrogen-bond acceptors (Lipinski definition) is 5. The number of methoxy groups -OCH3 is 1. The second kappa shape index (κ2) is 18.7. The van der Waals surface area contributed by atoms with E-state index in [1.165, 1.54) is 0 Å². The van der Waals surface area contributed by atoms with Crippen LogP contribution in [-0.2, 0) is 14.3 Å². The maximum atomic E-state index is 12.6. The molecule has 0 fully saturated rings. The summed E-state index contributed by atoms with van der Waals surface area (Å²) in [5.41, 5.74) is 0. The Morgan fingerprint density at radius 3 is 2.24 bits per heavy atom. The number of ketones is 1. The fraction of sp³-hybridized carbons (Fsp3) is 0.704. The Hall–Kier alpha value is -1.75. The Labute approximate surface area is 205 Å². The topological polar surface area (TPSA) is 61.8 Å². The number of Topliss-reactive ketones (excluding diaryl/α,β-unsaturated/α-hetero) is 1. The van der Waals surface area contributed by atoms with Crippen LogP contribution in [0.2, 0.25) is 5.02 Å². The molecule has 1 rings (SSSR count). The molecule has 1 aromatic carbocycles. The van der Waals surface area contributed by atoms with Gasteiger partial charge in [0, 0.05) is 12.5 Å². The van der Waals surface area contributed by atoms with Crippen LogP contribution in [0, 0.1) is 5.92 Å². The van der Waals surface area contributed by atoms with E-state index in [0.717, 1.165) is 70.6 Å². The molecule has 0 saturated carbocycles. The van der Waals surface area contributed by atoms with Gasteiger partial charge in [-0.2, -0.15) is 0 Å². The SMILES string of the molecule is CCCCCOC(=O)C(CCCCCCCOc1ccc(OC)cc1Cl)C(=O)CCCCC. The third-order valence-electron chi connectivity index (χ3n) is 5.73. The summed E-state index contributed by atoms with van der Waals surface area (Å²) in [5.74, 6) is 0.508. The quantitative estimate of drug-likeness (QED) is 0.109. The van der Waals surface area contributed by atoms with E-state index >= 15 is 0 Å². The predicted molar refractivity (Wildman–Crippen MR) is 134 cm³/mol. The molecule has 0 saturated heterocycles. The number of benzene rings is 1. The fourth-order valence-corrected chi connectivity index (χ4v) is 3.87. The molecule has 0 amide bonds. The highest BCUT2D eigenvalue weighted by molar-refractivity contribution is 6.32. The highest BCUT2D eigenvalue weighted by atomic mass is 35.5. The maximum absolute atomic E-state index is 12.6. The van der Waals surface area contributed by atoms with Gasteiger partial charge in [-0.05, 0) is 37.8 Å². The van der Waals surface area contributed by atoms with Crippen molar-refractivity contribution in [3.8, 4) is 11.5 Å². The van der Waals surface area contributed by atoms with Gasteiger partial charge in [0.2, 0.25) is 0 Å². The van der Waals surface area contributed by atoms with Gasteiger partial charge in [-0.3, -0.25) is 9.59 Å². The number of carbonyl (C=O) groups is 2. The first-order valence-electron chi connectivity index (χ1n) is 12.7. The van der Waals surface area contributed by atoms with Crippen molar-refractivity contribution < 1.29 is 23.8 Å². The minimum atomic E-state index is -0.593. The van der Waals surface area contributed by atoms with E-state index in [1.807, 2.05) is 12.1 Å². The van der Waals surface area contributed by atoms with E-state index in [-0.39, 0.29) is 11.8 Å². The van der Waals surface area contributed by atoms with Crippen molar-refractivity contribution in [1.82, 2.24) is 0 Å². The second-order valence-electron chi connectivity index (χ2n) is 8.55. The molecule has 0 aliphatic heterocycles. The molecule has 1 aromatic rings. The van der Waals surface area contributed by atoms with Crippen LogP contribution in [0.15, 0.2) is 18.2 Å². The van der Waals surface area contributed by atoms with Crippen molar-refractivity contribution in [2.24, 2.45) is 5.92 Å². The number of esters is 1. The summed E-state index contributed by atoms with van der Waals surface area (Å²) in [6.07, 6.45) is 11.9. The van der Waals surface area contributed by atoms with Gasteiger partial charge in [-0.1, -0.05) is 76.8 Å². The van der Waals surface area contributed by atoms with Gasteiger partial charge in [0.25, 0.3) is 0 Å². The lowest BCUT2D eigenvalue weighted by molar-refractivity contribution is -0.152. The van der Waals surface area contributed by atoms with Crippen molar-refractivity contribution >= 4 is 23.4 Å². The molecule has 1 unspecified atom stereocenters.